The lowest BCUT2D eigenvalue weighted by Gasteiger charge is -2.32. The number of amides is 1. The second-order valence-corrected chi connectivity index (χ2v) is 8.84. The SMILES string of the molecule is CCCN(c1ccc(Cl)cc1)c1nc2c(c(=O)n1OC)CN(C(=O)OC(C)(C)C)CC2. The summed E-state index contributed by atoms with van der Waals surface area (Å²) in [5.41, 5.74) is 1.03. The van der Waals surface area contributed by atoms with Crippen molar-refractivity contribution in [1.29, 1.82) is 0 Å². The highest BCUT2D eigenvalue weighted by atomic mass is 35.5. The Bertz CT molecular complexity index is 998. The quantitative estimate of drug-likeness (QED) is 0.692. The van der Waals surface area contributed by atoms with E-state index in [0.29, 0.717) is 41.7 Å². The summed E-state index contributed by atoms with van der Waals surface area (Å²) >= 11 is 6.04. The number of nitrogens with zero attached hydrogens (tertiary/aromatic N) is 4. The fraction of sp³-hybridized carbons (Fsp3) is 0.500. The third-order valence-corrected chi connectivity index (χ3v) is 5.09. The predicted molar refractivity (Wildman–Crippen MR) is 120 cm³/mol. The molecule has 0 saturated heterocycles. The van der Waals surface area contributed by atoms with E-state index < -0.39 is 11.7 Å². The van der Waals surface area contributed by atoms with Gasteiger partial charge in [0.05, 0.1) is 17.8 Å². The second-order valence-electron chi connectivity index (χ2n) is 8.40. The number of ether oxygens (including phenoxy) is 1. The van der Waals surface area contributed by atoms with Gasteiger partial charge in [-0.1, -0.05) is 18.5 Å². The number of anilines is 2. The van der Waals surface area contributed by atoms with Crippen molar-refractivity contribution in [3.63, 3.8) is 0 Å². The van der Waals surface area contributed by atoms with Crippen molar-refractivity contribution in [3.05, 3.63) is 50.9 Å². The molecule has 0 radical (unpaired) electrons. The summed E-state index contributed by atoms with van der Waals surface area (Å²) < 4.78 is 6.64. The van der Waals surface area contributed by atoms with Crippen molar-refractivity contribution < 1.29 is 14.4 Å². The van der Waals surface area contributed by atoms with Gasteiger partial charge in [0.25, 0.3) is 5.56 Å². The van der Waals surface area contributed by atoms with Crippen LogP contribution in [0.2, 0.25) is 5.02 Å². The van der Waals surface area contributed by atoms with Gasteiger partial charge in [-0.25, -0.2) is 9.78 Å². The molecule has 2 aromatic rings. The van der Waals surface area contributed by atoms with Crippen molar-refractivity contribution in [3.8, 4) is 0 Å². The Morgan fingerprint density at radius 1 is 1.26 bits per heavy atom. The molecule has 0 bridgehead atoms. The molecule has 8 nitrogen and oxygen atoms in total. The molecule has 0 unspecified atom stereocenters. The molecule has 1 aromatic heterocycles. The molecule has 0 N–H and O–H groups in total. The number of carbonyl (C=O) groups excluding carboxylic acids is 1. The average Bonchev–Trinajstić information content (AvgIpc) is 2.71. The normalized spacial score (nSPS) is 13.5. The first-order valence-electron chi connectivity index (χ1n) is 10.3. The standard InChI is InChI=1S/C22H29ClN4O4/c1-6-12-26(16-9-7-15(23)8-10-16)20-24-18-11-13-25(21(29)31-22(2,3)4)14-17(18)19(28)27(20)30-5/h7-10H,6,11-14H2,1-5H3. The third-order valence-electron chi connectivity index (χ3n) is 4.84. The van der Waals surface area contributed by atoms with Gasteiger partial charge in [0.2, 0.25) is 5.95 Å². The maximum absolute atomic E-state index is 13.3. The fourth-order valence-corrected chi connectivity index (χ4v) is 3.58. The van der Waals surface area contributed by atoms with Crippen molar-refractivity contribution in [2.45, 2.75) is 52.7 Å². The van der Waals surface area contributed by atoms with Crippen molar-refractivity contribution in [1.82, 2.24) is 14.6 Å². The summed E-state index contributed by atoms with van der Waals surface area (Å²) in [5, 5.41) is 0.630. The Morgan fingerprint density at radius 3 is 2.52 bits per heavy atom. The molecular weight excluding hydrogens is 420 g/mol. The Kier molecular flexibility index (Phi) is 6.79. The first kappa shape index (κ1) is 22.9. The molecular formula is C22H29ClN4O4. The summed E-state index contributed by atoms with van der Waals surface area (Å²) in [5.74, 6) is 0.404. The highest BCUT2D eigenvalue weighted by Gasteiger charge is 2.30. The van der Waals surface area contributed by atoms with E-state index in [0.717, 1.165) is 12.1 Å². The minimum absolute atomic E-state index is 0.133. The van der Waals surface area contributed by atoms with Crippen LogP contribution in [-0.2, 0) is 17.7 Å². The van der Waals surface area contributed by atoms with Gasteiger partial charge in [0.1, 0.15) is 12.7 Å². The first-order valence-corrected chi connectivity index (χ1v) is 10.7. The van der Waals surface area contributed by atoms with Crippen LogP contribution in [0.1, 0.15) is 45.4 Å². The van der Waals surface area contributed by atoms with Gasteiger partial charge < -0.3 is 19.4 Å². The molecule has 168 valence electrons. The summed E-state index contributed by atoms with van der Waals surface area (Å²) in [6, 6.07) is 7.36. The number of carbonyl (C=O) groups is 1. The topological polar surface area (TPSA) is 76.9 Å². The molecule has 3 rings (SSSR count). The largest absolute Gasteiger partial charge is 0.444 e. The molecule has 31 heavy (non-hydrogen) atoms. The lowest BCUT2D eigenvalue weighted by atomic mass is 10.1. The van der Waals surface area contributed by atoms with Gasteiger partial charge in [-0.2, -0.15) is 0 Å². The summed E-state index contributed by atoms with van der Waals surface area (Å²) in [6.45, 7) is 8.69. The van der Waals surface area contributed by atoms with Crippen molar-refractivity contribution in [2.24, 2.45) is 0 Å². The molecule has 0 spiro atoms. The molecule has 0 aliphatic carbocycles. The molecule has 0 saturated carbocycles. The van der Waals surface area contributed by atoms with Crippen LogP contribution in [0.4, 0.5) is 16.4 Å². The molecule has 2 heterocycles. The van der Waals surface area contributed by atoms with Gasteiger partial charge in [0, 0.05) is 30.2 Å². The molecule has 1 aromatic carbocycles. The van der Waals surface area contributed by atoms with Crippen LogP contribution in [0.25, 0.3) is 0 Å². The van der Waals surface area contributed by atoms with Crippen LogP contribution in [0.3, 0.4) is 0 Å². The van der Waals surface area contributed by atoms with Crippen LogP contribution in [0.15, 0.2) is 29.1 Å². The molecule has 1 aliphatic rings. The zero-order chi connectivity index (χ0) is 22.8. The maximum Gasteiger partial charge on any atom is 0.410 e. The Hall–Kier alpha value is -2.74. The zero-order valence-corrected chi connectivity index (χ0v) is 19.4. The van der Waals surface area contributed by atoms with Gasteiger partial charge in [0.15, 0.2) is 0 Å². The van der Waals surface area contributed by atoms with Crippen molar-refractivity contribution in [2.75, 3.05) is 25.1 Å². The number of rotatable bonds is 5. The Morgan fingerprint density at radius 2 is 1.94 bits per heavy atom. The number of benzene rings is 1. The van der Waals surface area contributed by atoms with E-state index in [9.17, 15) is 9.59 Å². The maximum atomic E-state index is 13.3. The minimum atomic E-state index is -0.606. The van der Waals surface area contributed by atoms with E-state index in [1.54, 1.807) is 12.1 Å². The van der Waals surface area contributed by atoms with Gasteiger partial charge in [-0.15, -0.1) is 4.73 Å². The van der Waals surface area contributed by atoms with E-state index >= 15 is 0 Å². The van der Waals surface area contributed by atoms with E-state index in [1.165, 1.54) is 16.7 Å². The lowest BCUT2D eigenvalue weighted by molar-refractivity contribution is 0.0219. The Labute approximate surface area is 187 Å². The third kappa shape index (κ3) is 5.12. The summed E-state index contributed by atoms with van der Waals surface area (Å²) in [6.07, 6.45) is 0.854. The highest BCUT2D eigenvalue weighted by molar-refractivity contribution is 6.30. The highest BCUT2D eigenvalue weighted by Crippen LogP contribution is 2.27. The average molecular weight is 449 g/mol. The van der Waals surface area contributed by atoms with Crippen molar-refractivity contribution >= 4 is 29.3 Å². The first-order chi connectivity index (χ1) is 14.6. The van der Waals surface area contributed by atoms with Gasteiger partial charge >= 0.3 is 6.09 Å². The minimum Gasteiger partial charge on any atom is -0.444 e. The predicted octanol–water partition coefficient (Wildman–Crippen LogP) is 3.80. The van der Waals surface area contributed by atoms with E-state index in [-0.39, 0.29) is 12.1 Å². The van der Waals surface area contributed by atoms with Crippen LogP contribution in [0, 0.1) is 0 Å². The lowest BCUT2D eigenvalue weighted by Crippen LogP contribution is -2.44. The number of aromatic nitrogens is 2. The smallest absolute Gasteiger partial charge is 0.410 e. The fourth-order valence-electron chi connectivity index (χ4n) is 3.45. The zero-order valence-electron chi connectivity index (χ0n) is 18.6. The van der Waals surface area contributed by atoms with Crippen LogP contribution in [-0.4, -0.2) is 46.5 Å². The van der Waals surface area contributed by atoms with Crippen LogP contribution in [0.5, 0.6) is 0 Å². The Balaban J connectivity index is 2.00. The number of fused-ring (bicyclic) bond motifs is 1. The summed E-state index contributed by atoms with van der Waals surface area (Å²) in [7, 11) is 1.43. The molecule has 0 fully saturated rings. The second kappa shape index (κ2) is 9.18. The molecule has 1 aliphatic heterocycles. The molecule has 9 heteroatoms. The van der Waals surface area contributed by atoms with Crippen LogP contribution >= 0.6 is 11.6 Å². The molecule has 1 amide bonds. The number of hydrogen-bond donors (Lipinski definition) is 0. The monoisotopic (exact) mass is 448 g/mol. The van der Waals surface area contributed by atoms with Gasteiger partial charge in [-0.3, -0.25) is 4.79 Å². The summed E-state index contributed by atoms with van der Waals surface area (Å²) in [4.78, 5) is 39.4. The van der Waals surface area contributed by atoms with Gasteiger partial charge in [-0.05, 0) is 51.5 Å². The molecule has 0 atom stereocenters. The van der Waals surface area contributed by atoms with E-state index in [2.05, 4.69) is 6.92 Å². The van der Waals surface area contributed by atoms with E-state index in [1.807, 2.05) is 37.8 Å². The van der Waals surface area contributed by atoms with E-state index in [4.69, 9.17) is 26.2 Å². The number of halogens is 1. The number of hydrogen-bond acceptors (Lipinski definition) is 6. The van der Waals surface area contributed by atoms with Crippen LogP contribution < -0.4 is 15.3 Å².